The highest BCUT2D eigenvalue weighted by molar-refractivity contribution is 5.88. The van der Waals surface area contributed by atoms with Gasteiger partial charge in [0.05, 0.1) is 5.92 Å². The zero-order valence-electron chi connectivity index (χ0n) is 16.6. The van der Waals surface area contributed by atoms with Gasteiger partial charge < -0.3 is 14.5 Å². The van der Waals surface area contributed by atoms with Crippen LogP contribution in [-0.4, -0.2) is 54.3 Å². The average Bonchev–Trinajstić information content (AvgIpc) is 3.12. The molecule has 0 aliphatic carbocycles. The van der Waals surface area contributed by atoms with Gasteiger partial charge in [0, 0.05) is 33.1 Å². The number of hydrogen-bond donors (Lipinski definition) is 0. The number of carbonyl (C=O) groups is 3. The quantitative estimate of drug-likeness (QED) is 0.645. The van der Waals surface area contributed by atoms with Crippen LogP contribution in [0, 0.1) is 5.92 Å². The fourth-order valence-electron chi connectivity index (χ4n) is 3.36. The maximum atomic E-state index is 12.3. The Morgan fingerprint density at radius 2 is 1.66 bits per heavy atom. The van der Waals surface area contributed by atoms with Crippen molar-refractivity contribution < 1.29 is 19.1 Å². The molecule has 2 amide bonds. The molecule has 1 fully saturated rings. The van der Waals surface area contributed by atoms with Gasteiger partial charge in [-0.3, -0.25) is 14.4 Å². The zero-order chi connectivity index (χ0) is 20.6. The minimum Gasteiger partial charge on any atom is -0.455 e. The summed E-state index contributed by atoms with van der Waals surface area (Å²) >= 11 is 0. The normalized spacial score (nSPS) is 16.0. The summed E-state index contributed by atoms with van der Waals surface area (Å²) < 4.78 is 5.20. The number of ether oxygens (including phenoxy) is 1. The molecular weight excluding hydrogens is 368 g/mol. The molecule has 1 heterocycles. The van der Waals surface area contributed by atoms with Gasteiger partial charge in [-0.25, -0.2) is 0 Å². The van der Waals surface area contributed by atoms with Crippen LogP contribution in [0.3, 0.4) is 0 Å². The fraction of sp³-hybridized carbons (Fsp3) is 0.348. The SMILES string of the molecule is CN(Cc1ccccc1)C(=O)COC(=O)C1CC(=O)N(CCc2ccccc2)C1. The molecule has 152 valence electrons. The van der Waals surface area contributed by atoms with E-state index in [1.54, 1.807) is 11.9 Å². The molecule has 2 aromatic carbocycles. The van der Waals surface area contributed by atoms with Crippen LogP contribution in [0.25, 0.3) is 0 Å². The molecule has 0 aromatic heterocycles. The van der Waals surface area contributed by atoms with Gasteiger partial charge in [0.15, 0.2) is 6.61 Å². The van der Waals surface area contributed by atoms with E-state index in [1.807, 2.05) is 60.7 Å². The summed E-state index contributed by atoms with van der Waals surface area (Å²) in [5.41, 5.74) is 2.16. The van der Waals surface area contributed by atoms with Crippen LogP contribution in [0.15, 0.2) is 60.7 Å². The number of likely N-dealkylation sites (tertiary alicyclic amines) is 1. The molecule has 1 saturated heterocycles. The van der Waals surface area contributed by atoms with Crippen molar-refractivity contribution in [3.63, 3.8) is 0 Å². The second-order valence-corrected chi connectivity index (χ2v) is 7.32. The zero-order valence-corrected chi connectivity index (χ0v) is 16.6. The van der Waals surface area contributed by atoms with Gasteiger partial charge >= 0.3 is 5.97 Å². The van der Waals surface area contributed by atoms with E-state index in [1.165, 1.54) is 4.90 Å². The third-order valence-electron chi connectivity index (χ3n) is 5.09. The highest BCUT2D eigenvalue weighted by atomic mass is 16.5. The molecule has 1 aliphatic heterocycles. The fourth-order valence-corrected chi connectivity index (χ4v) is 3.36. The molecule has 0 radical (unpaired) electrons. The summed E-state index contributed by atoms with van der Waals surface area (Å²) in [5, 5.41) is 0. The van der Waals surface area contributed by atoms with Crippen LogP contribution in [0.2, 0.25) is 0 Å². The molecule has 0 saturated carbocycles. The number of nitrogens with zero attached hydrogens (tertiary/aromatic N) is 2. The Kier molecular flexibility index (Phi) is 7.00. The van der Waals surface area contributed by atoms with Crippen LogP contribution >= 0.6 is 0 Å². The Balaban J connectivity index is 1.42. The Hall–Kier alpha value is -3.15. The highest BCUT2D eigenvalue weighted by Gasteiger charge is 2.35. The third-order valence-corrected chi connectivity index (χ3v) is 5.09. The maximum Gasteiger partial charge on any atom is 0.311 e. The molecule has 3 rings (SSSR count). The van der Waals surface area contributed by atoms with E-state index in [9.17, 15) is 14.4 Å². The van der Waals surface area contributed by atoms with E-state index >= 15 is 0 Å². The van der Waals surface area contributed by atoms with Gasteiger partial charge in [-0.2, -0.15) is 0 Å². The number of rotatable bonds is 8. The minimum absolute atomic E-state index is 0.0459. The van der Waals surface area contributed by atoms with E-state index in [-0.39, 0.29) is 24.8 Å². The predicted molar refractivity (Wildman–Crippen MR) is 109 cm³/mol. The molecule has 29 heavy (non-hydrogen) atoms. The number of esters is 1. The minimum atomic E-state index is -0.509. The van der Waals surface area contributed by atoms with Gasteiger partial charge in [0.2, 0.25) is 5.91 Å². The summed E-state index contributed by atoms with van der Waals surface area (Å²) in [6.07, 6.45) is 0.888. The average molecular weight is 394 g/mol. The second kappa shape index (κ2) is 9.87. The van der Waals surface area contributed by atoms with Crippen molar-refractivity contribution in [3.05, 3.63) is 71.8 Å². The van der Waals surface area contributed by atoms with Gasteiger partial charge in [0.1, 0.15) is 0 Å². The van der Waals surface area contributed by atoms with Crippen LogP contribution in [0.4, 0.5) is 0 Å². The molecule has 6 nitrogen and oxygen atoms in total. The Morgan fingerprint density at radius 3 is 2.31 bits per heavy atom. The largest absolute Gasteiger partial charge is 0.455 e. The standard InChI is InChI=1S/C23H26N2O4/c1-24(15-19-10-6-3-7-11-19)22(27)17-29-23(28)20-14-21(26)25(16-20)13-12-18-8-4-2-5-9-18/h2-11,20H,12-17H2,1H3. The number of amides is 2. The van der Waals surface area contributed by atoms with Crippen LogP contribution in [0.1, 0.15) is 17.5 Å². The van der Waals surface area contributed by atoms with Crippen molar-refractivity contribution in [2.24, 2.45) is 5.92 Å². The molecule has 0 bridgehead atoms. The van der Waals surface area contributed by atoms with Gasteiger partial charge in [-0.05, 0) is 17.5 Å². The first-order chi connectivity index (χ1) is 14.0. The topological polar surface area (TPSA) is 66.9 Å². The molecule has 0 spiro atoms. The first kappa shape index (κ1) is 20.6. The first-order valence-corrected chi connectivity index (χ1v) is 9.79. The maximum absolute atomic E-state index is 12.3. The van der Waals surface area contributed by atoms with Crippen molar-refractivity contribution >= 4 is 17.8 Å². The van der Waals surface area contributed by atoms with Crippen LogP contribution < -0.4 is 0 Å². The molecular formula is C23H26N2O4. The smallest absolute Gasteiger partial charge is 0.311 e. The molecule has 1 atom stereocenters. The van der Waals surface area contributed by atoms with Crippen molar-refractivity contribution in [1.82, 2.24) is 9.80 Å². The van der Waals surface area contributed by atoms with Gasteiger partial charge in [-0.1, -0.05) is 60.7 Å². The van der Waals surface area contributed by atoms with Gasteiger partial charge in [0.25, 0.3) is 5.91 Å². The molecule has 1 aliphatic rings. The lowest BCUT2D eigenvalue weighted by Crippen LogP contribution is -2.33. The van der Waals surface area contributed by atoms with E-state index in [0.29, 0.717) is 19.6 Å². The van der Waals surface area contributed by atoms with Crippen molar-refractivity contribution in [1.29, 1.82) is 0 Å². The lowest BCUT2D eigenvalue weighted by Gasteiger charge is -2.18. The van der Waals surface area contributed by atoms with E-state index < -0.39 is 11.9 Å². The third kappa shape index (κ3) is 5.91. The van der Waals surface area contributed by atoms with Crippen molar-refractivity contribution in [2.75, 3.05) is 26.7 Å². The molecule has 1 unspecified atom stereocenters. The summed E-state index contributed by atoms with van der Waals surface area (Å²) in [6, 6.07) is 19.5. The summed E-state index contributed by atoms with van der Waals surface area (Å²) in [7, 11) is 1.67. The highest BCUT2D eigenvalue weighted by Crippen LogP contribution is 2.20. The first-order valence-electron chi connectivity index (χ1n) is 9.79. The number of carbonyl (C=O) groups excluding carboxylic acids is 3. The Morgan fingerprint density at radius 1 is 1.03 bits per heavy atom. The van der Waals surface area contributed by atoms with E-state index in [4.69, 9.17) is 4.74 Å². The second-order valence-electron chi connectivity index (χ2n) is 7.32. The summed E-state index contributed by atoms with van der Waals surface area (Å²) in [6.45, 7) is 1.06. The predicted octanol–water partition coefficient (Wildman–Crippen LogP) is 2.28. The Bertz CT molecular complexity index is 838. The number of benzene rings is 2. The van der Waals surface area contributed by atoms with E-state index in [0.717, 1.165) is 17.5 Å². The molecule has 6 heteroatoms. The molecule has 2 aromatic rings. The lowest BCUT2D eigenvalue weighted by atomic mass is 10.1. The summed E-state index contributed by atoms with van der Waals surface area (Å²) in [4.78, 5) is 40.0. The van der Waals surface area contributed by atoms with Crippen LogP contribution in [0.5, 0.6) is 0 Å². The van der Waals surface area contributed by atoms with Crippen molar-refractivity contribution in [3.8, 4) is 0 Å². The number of likely N-dealkylation sites (N-methyl/N-ethyl adjacent to an activating group) is 1. The van der Waals surface area contributed by atoms with Gasteiger partial charge in [-0.15, -0.1) is 0 Å². The monoisotopic (exact) mass is 394 g/mol. The molecule has 0 N–H and O–H groups in total. The lowest BCUT2D eigenvalue weighted by molar-refractivity contribution is -0.155. The van der Waals surface area contributed by atoms with Crippen molar-refractivity contribution in [2.45, 2.75) is 19.4 Å². The number of hydrogen-bond acceptors (Lipinski definition) is 4. The van der Waals surface area contributed by atoms with E-state index in [2.05, 4.69) is 0 Å². The summed E-state index contributed by atoms with van der Waals surface area (Å²) in [5.74, 6) is -1.31. The van der Waals surface area contributed by atoms with Crippen LogP contribution in [-0.2, 0) is 32.1 Å². The Labute approximate surface area is 171 Å².